The number of rotatable bonds is 6. The smallest absolute Gasteiger partial charge is 0.229 e. The monoisotopic (exact) mass is 356 g/mol. The fourth-order valence-electron chi connectivity index (χ4n) is 2.39. The van der Waals surface area contributed by atoms with Gasteiger partial charge in [0.15, 0.2) is 0 Å². The number of hydrogen-bond donors (Lipinski definition) is 2. The van der Waals surface area contributed by atoms with Crippen LogP contribution < -0.4 is 10.6 Å². The molecule has 0 saturated carbocycles. The highest BCUT2D eigenvalue weighted by molar-refractivity contribution is 6.30. The first-order chi connectivity index (χ1) is 12.1. The Morgan fingerprint density at radius 2 is 1.88 bits per heavy atom. The molecule has 0 fully saturated rings. The van der Waals surface area contributed by atoms with E-state index in [1.807, 2.05) is 31.2 Å². The second-order valence-electron chi connectivity index (χ2n) is 5.65. The summed E-state index contributed by atoms with van der Waals surface area (Å²) in [5.74, 6) is 1.02. The Morgan fingerprint density at radius 3 is 2.64 bits per heavy atom. The van der Waals surface area contributed by atoms with Crippen molar-refractivity contribution in [1.82, 2.24) is 9.97 Å². The van der Waals surface area contributed by atoms with Crippen molar-refractivity contribution in [2.24, 2.45) is 0 Å². The van der Waals surface area contributed by atoms with Crippen LogP contribution in [0, 0.1) is 12.7 Å². The molecule has 0 spiro atoms. The second kappa shape index (κ2) is 7.94. The van der Waals surface area contributed by atoms with Gasteiger partial charge in [-0.1, -0.05) is 23.7 Å². The molecule has 0 saturated heterocycles. The molecular formula is C19H18ClFN4. The van der Waals surface area contributed by atoms with Crippen LogP contribution in [-0.2, 0) is 6.42 Å². The van der Waals surface area contributed by atoms with Gasteiger partial charge in [-0.25, -0.2) is 9.37 Å². The van der Waals surface area contributed by atoms with E-state index in [1.165, 1.54) is 12.1 Å². The fraction of sp³-hybridized carbons (Fsp3) is 0.158. The number of benzene rings is 2. The van der Waals surface area contributed by atoms with E-state index >= 15 is 0 Å². The zero-order valence-electron chi connectivity index (χ0n) is 13.8. The molecule has 2 N–H and O–H groups in total. The topological polar surface area (TPSA) is 49.8 Å². The van der Waals surface area contributed by atoms with E-state index in [1.54, 1.807) is 18.3 Å². The van der Waals surface area contributed by atoms with Crippen LogP contribution in [0.2, 0.25) is 5.02 Å². The summed E-state index contributed by atoms with van der Waals surface area (Å²) in [6.07, 6.45) is 2.48. The number of hydrogen-bond acceptors (Lipinski definition) is 4. The van der Waals surface area contributed by atoms with Crippen LogP contribution in [-0.4, -0.2) is 16.5 Å². The van der Waals surface area contributed by atoms with E-state index in [0.717, 1.165) is 29.1 Å². The Morgan fingerprint density at radius 1 is 1.08 bits per heavy atom. The van der Waals surface area contributed by atoms with Crippen molar-refractivity contribution < 1.29 is 4.39 Å². The summed E-state index contributed by atoms with van der Waals surface area (Å²) >= 11 is 5.97. The lowest BCUT2D eigenvalue weighted by Crippen LogP contribution is -2.08. The lowest BCUT2D eigenvalue weighted by molar-refractivity contribution is 0.627. The van der Waals surface area contributed by atoms with Crippen LogP contribution in [0.25, 0.3) is 0 Å². The fourth-order valence-corrected chi connectivity index (χ4v) is 2.62. The van der Waals surface area contributed by atoms with E-state index in [0.29, 0.717) is 17.5 Å². The maximum atomic E-state index is 12.9. The average molecular weight is 357 g/mol. The summed E-state index contributed by atoms with van der Waals surface area (Å²) in [7, 11) is 0. The Kier molecular flexibility index (Phi) is 5.46. The lowest BCUT2D eigenvalue weighted by Gasteiger charge is -2.10. The Hall–Kier alpha value is -2.66. The van der Waals surface area contributed by atoms with Crippen molar-refractivity contribution in [3.8, 4) is 0 Å². The van der Waals surface area contributed by atoms with Gasteiger partial charge >= 0.3 is 0 Å². The molecule has 3 rings (SSSR count). The summed E-state index contributed by atoms with van der Waals surface area (Å²) in [6, 6.07) is 13.9. The third kappa shape index (κ3) is 4.90. The van der Waals surface area contributed by atoms with Gasteiger partial charge in [0, 0.05) is 23.5 Å². The number of nitrogens with zero attached hydrogens (tertiary/aromatic N) is 2. The largest absolute Gasteiger partial charge is 0.370 e. The minimum absolute atomic E-state index is 0.222. The van der Waals surface area contributed by atoms with Crippen molar-refractivity contribution in [1.29, 1.82) is 0 Å². The van der Waals surface area contributed by atoms with Crippen LogP contribution in [0.3, 0.4) is 0 Å². The summed E-state index contributed by atoms with van der Waals surface area (Å²) in [5, 5.41) is 7.14. The van der Waals surface area contributed by atoms with Gasteiger partial charge in [0.25, 0.3) is 0 Å². The van der Waals surface area contributed by atoms with Gasteiger partial charge in [0.05, 0.1) is 0 Å². The highest BCUT2D eigenvalue weighted by Crippen LogP contribution is 2.22. The molecule has 1 aromatic heterocycles. The molecule has 2 aromatic carbocycles. The van der Waals surface area contributed by atoms with Gasteiger partial charge in [-0.15, -0.1) is 0 Å². The van der Waals surface area contributed by atoms with Crippen molar-refractivity contribution in [2.45, 2.75) is 13.3 Å². The third-order valence-electron chi connectivity index (χ3n) is 3.72. The van der Waals surface area contributed by atoms with Crippen LogP contribution in [0.1, 0.15) is 11.1 Å². The molecule has 4 nitrogen and oxygen atoms in total. The molecule has 0 aliphatic rings. The zero-order chi connectivity index (χ0) is 17.6. The SMILES string of the molecule is Cc1cc(Cl)ccc1Nc1nccc(NCCc2ccc(F)cc2)n1. The molecule has 0 atom stereocenters. The Bertz CT molecular complexity index is 852. The van der Waals surface area contributed by atoms with Gasteiger partial charge in [-0.05, 0) is 60.9 Å². The molecule has 0 amide bonds. The average Bonchev–Trinajstić information content (AvgIpc) is 2.60. The van der Waals surface area contributed by atoms with Crippen molar-refractivity contribution in [2.75, 3.05) is 17.2 Å². The molecule has 3 aromatic rings. The molecule has 0 aliphatic carbocycles. The quantitative estimate of drug-likeness (QED) is 0.654. The highest BCUT2D eigenvalue weighted by Gasteiger charge is 2.03. The van der Waals surface area contributed by atoms with Crippen LogP contribution >= 0.6 is 11.6 Å². The van der Waals surface area contributed by atoms with Crippen molar-refractivity contribution in [3.63, 3.8) is 0 Å². The lowest BCUT2D eigenvalue weighted by atomic mass is 10.1. The predicted octanol–water partition coefficient (Wildman–Crippen LogP) is 4.98. The first kappa shape index (κ1) is 17.2. The van der Waals surface area contributed by atoms with Gasteiger partial charge in [-0.2, -0.15) is 4.98 Å². The number of anilines is 3. The number of nitrogens with one attached hydrogen (secondary N) is 2. The predicted molar refractivity (Wildman–Crippen MR) is 100 cm³/mol. The molecule has 6 heteroatoms. The van der Waals surface area contributed by atoms with Gasteiger partial charge in [0.2, 0.25) is 5.95 Å². The van der Waals surface area contributed by atoms with Gasteiger partial charge in [-0.3, -0.25) is 0 Å². The molecule has 25 heavy (non-hydrogen) atoms. The maximum Gasteiger partial charge on any atom is 0.229 e. The first-order valence-corrected chi connectivity index (χ1v) is 8.32. The van der Waals surface area contributed by atoms with Crippen molar-refractivity contribution in [3.05, 3.63) is 76.7 Å². The zero-order valence-corrected chi connectivity index (χ0v) is 14.5. The molecule has 0 unspecified atom stereocenters. The van der Waals surface area contributed by atoms with Crippen LogP contribution in [0.15, 0.2) is 54.7 Å². The summed E-state index contributed by atoms with van der Waals surface area (Å²) in [6.45, 7) is 2.67. The molecular weight excluding hydrogens is 339 g/mol. The summed E-state index contributed by atoms with van der Waals surface area (Å²) in [5.41, 5.74) is 3.00. The number of aryl methyl sites for hydroxylation is 1. The maximum absolute atomic E-state index is 12.9. The van der Waals surface area contributed by atoms with Crippen molar-refractivity contribution >= 4 is 29.1 Å². The van der Waals surface area contributed by atoms with E-state index in [-0.39, 0.29) is 5.82 Å². The highest BCUT2D eigenvalue weighted by atomic mass is 35.5. The van der Waals surface area contributed by atoms with E-state index in [4.69, 9.17) is 11.6 Å². The molecule has 0 aliphatic heterocycles. The molecule has 0 radical (unpaired) electrons. The standard InChI is InChI=1S/C19H18ClFN4/c1-13-12-15(20)4-7-17(13)24-19-23-11-9-18(25-19)22-10-8-14-2-5-16(21)6-3-14/h2-7,9,11-12H,8,10H2,1H3,(H2,22,23,24,25). The number of halogens is 2. The Labute approximate surface area is 151 Å². The van der Waals surface area contributed by atoms with Gasteiger partial charge in [0.1, 0.15) is 11.6 Å². The number of aromatic nitrogens is 2. The van der Waals surface area contributed by atoms with Crippen LogP contribution in [0.5, 0.6) is 0 Å². The molecule has 1 heterocycles. The van der Waals surface area contributed by atoms with Crippen LogP contribution in [0.4, 0.5) is 21.8 Å². The van der Waals surface area contributed by atoms with Gasteiger partial charge < -0.3 is 10.6 Å². The minimum atomic E-state index is -0.222. The Balaban J connectivity index is 1.60. The van der Waals surface area contributed by atoms with E-state index in [2.05, 4.69) is 20.6 Å². The molecule has 128 valence electrons. The summed E-state index contributed by atoms with van der Waals surface area (Å²) in [4.78, 5) is 8.69. The minimum Gasteiger partial charge on any atom is -0.370 e. The second-order valence-corrected chi connectivity index (χ2v) is 6.09. The third-order valence-corrected chi connectivity index (χ3v) is 3.96. The normalized spacial score (nSPS) is 10.5. The summed E-state index contributed by atoms with van der Waals surface area (Å²) < 4.78 is 12.9. The van der Waals surface area contributed by atoms with E-state index < -0.39 is 0 Å². The first-order valence-electron chi connectivity index (χ1n) is 7.95. The van der Waals surface area contributed by atoms with E-state index in [9.17, 15) is 4.39 Å². The molecule has 0 bridgehead atoms.